The zero-order chi connectivity index (χ0) is 16.0. The lowest BCUT2D eigenvalue weighted by atomic mass is 10.2. The summed E-state index contributed by atoms with van der Waals surface area (Å²) in [4.78, 5) is 24.6. The van der Waals surface area contributed by atoms with Gasteiger partial charge in [-0.25, -0.2) is 18.0 Å². The number of nitrogens with one attached hydrogen (secondary N) is 1. The number of hydrogen-bond acceptors (Lipinski definition) is 5. The van der Waals surface area contributed by atoms with Crippen LogP contribution >= 0.6 is 11.8 Å². The first-order chi connectivity index (χ1) is 9.83. The molecule has 0 aliphatic carbocycles. The van der Waals surface area contributed by atoms with Gasteiger partial charge < -0.3 is 15.3 Å². The Bertz CT molecular complexity index is 480. The number of carboxylic acid groups (broad SMARTS) is 1. The summed E-state index contributed by atoms with van der Waals surface area (Å²) in [5.74, 6) is -0.171. The summed E-state index contributed by atoms with van der Waals surface area (Å²) in [5, 5.41) is 10.6. The van der Waals surface area contributed by atoms with Crippen molar-refractivity contribution in [3.63, 3.8) is 0 Å². The summed E-state index contributed by atoms with van der Waals surface area (Å²) >= 11 is 1.48. The second-order valence-electron chi connectivity index (χ2n) is 4.80. The highest BCUT2D eigenvalue weighted by Crippen LogP contribution is 2.21. The normalized spacial score (nSPS) is 20.9. The Labute approximate surface area is 129 Å². The van der Waals surface area contributed by atoms with Crippen LogP contribution in [0.1, 0.15) is 26.7 Å². The van der Waals surface area contributed by atoms with Crippen molar-refractivity contribution in [1.29, 1.82) is 0 Å². The molecule has 0 saturated carbocycles. The number of hydrogen-bond donors (Lipinski definition) is 2. The molecule has 0 aromatic heterocycles. The predicted octanol–water partition coefficient (Wildman–Crippen LogP) is 0.759. The van der Waals surface area contributed by atoms with Gasteiger partial charge in [-0.2, -0.15) is 11.8 Å². The van der Waals surface area contributed by atoms with Gasteiger partial charge in [-0.1, -0.05) is 20.3 Å². The van der Waals surface area contributed by atoms with Crippen molar-refractivity contribution in [1.82, 2.24) is 10.2 Å². The predicted molar refractivity (Wildman–Crippen MR) is 82.1 cm³/mol. The molecule has 1 rings (SSSR count). The van der Waals surface area contributed by atoms with E-state index in [1.54, 1.807) is 6.92 Å². The van der Waals surface area contributed by atoms with Gasteiger partial charge in [0.1, 0.15) is 11.4 Å². The van der Waals surface area contributed by atoms with E-state index in [0.29, 0.717) is 30.9 Å². The van der Waals surface area contributed by atoms with Crippen LogP contribution in [-0.4, -0.2) is 65.6 Å². The molecule has 2 N–H and O–H groups in total. The molecule has 21 heavy (non-hydrogen) atoms. The Morgan fingerprint density at radius 3 is 2.62 bits per heavy atom. The van der Waals surface area contributed by atoms with Gasteiger partial charge in [-0.05, 0) is 6.42 Å². The first-order valence-electron chi connectivity index (χ1n) is 6.92. The van der Waals surface area contributed by atoms with E-state index in [2.05, 4.69) is 5.32 Å². The number of thioether (sulfide) groups is 1. The van der Waals surface area contributed by atoms with Crippen LogP contribution in [0.4, 0.5) is 4.79 Å². The van der Waals surface area contributed by atoms with Crippen LogP contribution in [-0.2, 0) is 14.6 Å². The van der Waals surface area contributed by atoms with Crippen LogP contribution in [0.2, 0.25) is 0 Å². The third kappa shape index (κ3) is 4.77. The molecule has 0 aromatic rings. The standard InChI is InChI=1S/C12H22N2O5S2/c1-3-5-9(11(15)16)13-12(17)14-6-7-20-8-10(14)21(18,19)4-2/h9-10H,3-8H2,1-2H3,(H,13,17)(H,15,16)/t9-,10?/m0/s1. The summed E-state index contributed by atoms with van der Waals surface area (Å²) in [7, 11) is -3.39. The molecule has 122 valence electrons. The Morgan fingerprint density at radius 1 is 1.43 bits per heavy atom. The molecule has 0 bridgehead atoms. The maximum Gasteiger partial charge on any atom is 0.326 e. The van der Waals surface area contributed by atoms with Crippen molar-refractivity contribution in [2.24, 2.45) is 0 Å². The number of carboxylic acids is 1. The van der Waals surface area contributed by atoms with Gasteiger partial charge in [0.15, 0.2) is 9.84 Å². The van der Waals surface area contributed by atoms with Crippen LogP contribution in [0, 0.1) is 0 Å². The Balaban J connectivity index is 2.84. The van der Waals surface area contributed by atoms with Gasteiger partial charge in [-0.15, -0.1) is 0 Å². The van der Waals surface area contributed by atoms with Crippen LogP contribution in [0.15, 0.2) is 0 Å². The summed E-state index contributed by atoms with van der Waals surface area (Å²) in [5.41, 5.74) is 0. The van der Waals surface area contributed by atoms with Crippen molar-refractivity contribution >= 4 is 33.6 Å². The van der Waals surface area contributed by atoms with Gasteiger partial charge in [0.25, 0.3) is 0 Å². The quantitative estimate of drug-likeness (QED) is 0.741. The first-order valence-corrected chi connectivity index (χ1v) is 9.79. The molecule has 1 aliphatic rings. The topological polar surface area (TPSA) is 104 Å². The van der Waals surface area contributed by atoms with Crippen molar-refractivity contribution in [3.05, 3.63) is 0 Å². The fraction of sp³-hybridized carbons (Fsp3) is 0.833. The molecule has 2 atom stereocenters. The number of rotatable bonds is 6. The first kappa shape index (κ1) is 18.1. The molecule has 1 saturated heterocycles. The monoisotopic (exact) mass is 338 g/mol. The molecule has 2 amide bonds. The maximum absolute atomic E-state index is 12.2. The summed E-state index contributed by atoms with van der Waals surface area (Å²) in [6.45, 7) is 3.67. The van der Waals surface area contributed by atoms with Crippen LogP contribution < -0.4 is 5.32 Å². The van der Waals surface area contributed by atoms with Gasteiger partial charge in [0.2, 0.25) is 0 Å². The van der Waals surface area contributed by atoms with Gasteiger partial charge in [0.05, 0.1) is 0 Å². The van der Waals surface area contributed by atoms with Crippen molar-refractivity contribution in [3.8, 4) is 0 Å². The molecule has 0 spiro atoms. The van der Waals surface area contributed by atoms with Gasteiger partial charge in [-0.3, -0.25) is 0 Å². The molecule has 0 radical (unpaired) electrons. The molecule has 1 fully saturated rings. The summed E-state index contributed by atoms with van der Waals surface area (Å²) < 4.78 is 24.1. The van der Waals surface area contributed by atoms with E-state index in [0.717, 1.165) is 0 Å². The molecule has 0 aromatic carbocycles. The smallest absolute Gasteiger partial charge is 0.326 e. The zero-order valence-corrected chi connectivity index (χ0v) is 13.9. The molecule has 7 nitrogen and oxygen atoms in total. The van der Waals surface area contributed by atoms with Crippen molar-refractivity contribution in [2.75, 3.05) is 23.8 Å². The third-order valence-corrected chi connectivity index (χ3v) is 6.62. The van der Waals surface area contributed by atoms with E-state index >= 15 is 0 Å². The number of sulfone groups is 1. The van der Waals surface area contributed by atoms with E-state index < -0.39 is 33.3 Å². The number of aliphatic carboxylic acids is 1. The fourth-order valence-electron chi connectivity index (χ4n) is 2.08. The number of carbonyl (C=O) groups is 2. The molecular formula is C12H22N2O5S2. The third-order valence-electron chi connectivity index (χ3n) is 3.34. The van der Waals surface area contributed by atoms with E-state index in [1.165, 1.54) is 16.7 Å². The zero-order valence-electron chi connectivity index (χ0n) is 12.2. The van der Waals surface area contributed by atoms with Gasteiger partial charge >= 0.3 is 12.0 Å². The Hall–Kier alpha value is -0.960. The van der Waals surface area contributed by atoms with E-state index in [4.69, 9.17) is 5.11 Å². The highest BCUT2D eigenvalue weighted by Gasteiger charge is 2.36. The largest absolute Gasteiger partial charge is 0.480 e. The molecule has 1 unspecified atom stereocenters. The second kappa shape index (κ2) is 7.88. The molecule has 1 aliphatic heterocycles. The SMILES string of the molecule is CCC[C@H](NC(=O)N1CCSCC1S(=O)(=O)CC)C(=O)O. The van der Waals surface area contributed by atoms with E-state index in [1.807, 2.05) is 6.92 Å². The number of urea groups is 1. The molecule has 9 heteroatoms. The minimum absolute atomic E-state index is 0.0423. The Morgan fingerprint density at radius 2 is 2.10 bits per heavy atom. The van der Waals surface area contributed by atoms with E-state index in [9.17, 15) is 18.0 Å². The summed E-state index contributed by atoms with van der Waals surface area (Å²) in [6, 6.07) is -1.60. The lowest BCUT2D eigenvalue weighted by Crippen LogP contribution is -2.56. The van der Waals surface area contributed by atoms with Crippen LogP contribution in [0.5, 0.6) is 0 Å². The van der Waals surface area contributed by atoms with Crippen LogP contribution in [0.25, 0.3) is 0 Å². The van der Waals surface area contributed by atoms with Gasteiger partial charge in [0, 0.05) is 23.8 Å². The minimum atomic E-state index is -3.39. The summed E-state index contributed by atoms with van der Waals surface area (Å²) in [6.07, 6.45) is 0.929. The van der Waals surface area contributed by atoms with Crippen LogP contribution in [0.3, 0.4) is 0 Å². The fourth-order valence-corrected chi connectivity index (χ4v) is 5.05. The highest BCUT2D eigenvalue weighted by atomic mass is 32.2. The number of nitrogens with zero attached hydrogens (tertiary/aromatic N) is 1. The highest BCUT2D eigenvalue weighted by molar-refractivity contribution is 8.01. The van der Waals surface area contributed by atoms with E-state index in [-0.39, 0.29) is 5.75 Å². The second-order valence-corrected chi connectivity index (χ2v) is 8.40. The average Bonchev–Trinajstić information content (AvgIpc) is 2.46. The lowest BCUT2D eigenvalue weighted by Gasteiger charge is -2.35. The number of carbonyl (C=O) groups excluding carboxylic acids is 1. The lowest BCUT2D eigenvalue weighted by molar-refractivity contribution is -0.139. The maximum atomic E-state index is 12.2. The minimum Gasteiger partial charge on any atom is -0.480 e. The average molecular weight is 338 g/mol. The molecular weight excluding hydrogens is 316 g/mol. The van der Waals surface area contributed by atoms with Crippen molar-refractivity contribution in [2.45, 2.75) is 38.1 Å². The van der Waals surface area contributed by atoms with Crippen molar-refractivity contribution < 1.29 is 23.1 Å². The Kier molecular flexibility index (Phi) is 6.79. The molecule has 1 heterocycles. The number of amides is 2.